The van der Waals surface area contributed by atoms with E-state index < -0.39 is 5.92 Å². The minimum atomic E-state index is -2.63. The molecule has 0 rings (SSSR count). The zero-order chi connectivity index (χ0) is 7.33. The van der Waals surface area contributed by atoms with E-state index in [1.165, 1.54) is 6.08 Å². The first-order chi connectivity index (χ1) is 4.12. The lowest BCUT2D eigenvalue weighted by molar-refractivity contribution is 0.0313. The Morgan fingerprint density at radius 2 is 2.11 bits per heavy atom. The second-order valence-corrected chi connectivity index (χ2v) is 2.10. The van der Waals surface area contributed by atoms with E-state index in [1.54, 1.807) is 13.0 Å². The number of rotatable bonds is 3. The molecule has 0 nitrogen and oxygen atoms in total. The van der Waals surface area contributed by atoms with E-state index in [1.807, 2.05) is 0 Å². The number of hydrogen-bond acceptors (Lipinski definition) is 1. The van der Waals surface area contributed by atoms with Gasteiger partial charge in [0.2, 0.25) is 0 Å². The van der Waals surface area contributed by atoms with E-state index in [4.69, 9.17) is 0 Å². The van der Waals surface area contributed by atoms with Crippen molar-refractivity contribution in [3.63, 3.8) is 0 Å². The van der Waals surface area contributed by atoms with Crippen LogP contribution < -0.4 is 0 Å². The van der Waals surface area contributed by atoms with Gasteiger partial charge in [-0.3, -0.25) is 0 Å². The van der Waals surface area contributed by atoms with Crippen LogP contribution in [0.15, 0.2) is 12.2 Å². The molecule has 54 valence electrons. The zero-order valence-electron chi connectivity index (χ0n) is 5.27. The molecule has 0 aliphatic carbocycles. The van der Waals surface area contributed by atoms with Crippen molar-refractivity contribution in [1.29, 1.82) is 0 Å². The molecule has 0 aromatic heterocycles. The Balaban J connectivity index is 3.58. The number of allylic oxidation sites excluding steroid dienone is 2. The van der Waals surface area contributed by atoms with Gasteiger partial charge in [0.25, 0.3) is 5.92 Å². The highest BCUT2D eigenvalue weighted by atomic mass is 32.1. The van der Waals surface area contributed by atoms with Gasteiger partial charge in [0.05, 0.1) is 5.75 Å². The van der Waals surface area contributed by atoms with Crippen LogP contribution in [0.3, 0.4) is 0 Å². The van der Waals surface area contributed by atoms with Gasteiger partial charge >= 0.3 is 0 Å². The molecule has 0 atom stereocenters. The van der Waals surface area contributed by atoms with Crippen LogP contribution in [-0.4, -0.2) is 11.7 Å². The van der Waals surface area contributed by atoms with Crippen LogP contribution in [0.1, 0.15) is 13.3 Å². The van der Waals surface area contributed by atoms with Crippen LogP contribution in [0.25, 0.3) is 0 Å². The molecule has 9 heavy (non-hydrogen) atoms. The summed E-state index contributed by atoms with van der Waals surface area (Å²) in [6.45, 7) is 1.72. The lowest BCUT2D eigenvalue weighted by Crippen LogP contribution is -2.16. The van der Waals surface area contributed by atoms with Crippen LogP contribution >= 0.6 is 12.6 Å². The number of alkyl halides is 2. The molecular formula is C6H10F2S. The molecule has 0 amide bonds. The van der Waals surface area contributed by atoms with Crippen molar-refractivity contribution in [3.05, 3.63) is 12.2 Å². The molecule has 0 aliphatic rings. The van der Waals surface area contributed by atoms with Gasteiger partial charge in [-0.15, -0.1) is 0 Å². The molecule has 0 aromatic rings. The van der Waals surface area contributed by atoms with E-state index in [0.717, 1.165) is 0 Å². The predicted molar refractivity (Wildman–Crippen MR) is 38.2 cm³/mol. The number of hydrogen-bond donors (Lipinski definition) is 1. The first-order valence-electron chi connectivity index (χ1n) is 2.72. The molecule has 0 N–H and O–H groups in total. The Kier molecular flexibility index (Phi) is 3.86. The summed E-state index contributed by atoms with van der Waals surface area (Å²) in [5, 5.41) is 0. The average molecular weight is 152 g/mol. The largest absolute Gasteiger partial charge is 0.260 e. The van der Waals surface area contributed by atoms with Crippen molar-refractivity contribution in [2.75, 3.05) is 5.75 Å². The van der Waals surface area contributed by atoms with Crippen molar-refractivity contribution in [1.82, 2.24) is 0 Å². The quantitative estimate of drug-likeness (QED) is 0.466. The van der Waals surface area contributed by atoms with Crippen LogP contribution in [0.5, 0.6) is 0 Å². The standard InChI is InChI=1S/C6H10F2S/c1-2-3-4-6(7,8)5-9/h2-3,9H,4-5H2,1H3. The fourth-order valence-electron chi connectivity index (χ4n) is 0.355. The van der Waals surface area contributed by atoms with Crippen molar-refractivity contribution in [3.8, 4) is 0 Å². The Labute approximate surface area is 59.4 Å². The van der Waals surface area contributed by atoms with E-state index in [-0.39, 0.29) is 12.2 Å². The Hall–Kier alpha value is -0.0500. The molecule has 0 unspecified atom stereocenters. The second kappa shape index (κ2) is 3.88. The van der Waals surface area contributed by atoms with Gasteiger partial charge in [-0.1, -0.05) is 12.2 Å². The Morgan fingerprint density at radius 3 is 2.44 bits per heavy atom. The molecule has 0 heterocycles. The van der Waals surface area contributed by atoms with Crippen LogP contribution in [0.2, 0.25) is 0 Å². The summed E-state index contributed by atoms with van der Waals surface area (Å²) in [5.74, 6) is -3.01. The summed E-state index contributed by atoms with van der Waals surface area (Å²) >= 11 is 3.49. The lowest BCUT2D eigenvalue weighted by Gasteiger charge is -2.08. The highest BCUT2D eigenvalue weighted by Gasteiger charge is 2.23. The third-order valence-electron chi connectivity index (χ3n) is 0.884. The first kappa shape index (κ1) is 8.95. The smallest absolute Gasteiger partial charge is 0.206 e. The summed E-state index contributed by atoms with van der Waals surface area (Å²) in [4.78, 5) is 0. The second-order valence-electron chi connectivity index (χ2n) is 1.79. The predicted octanol–water partition coefficient (Wildman–Crippen LogP) is 2.52. The molecule has 3 heteroatoms. The summed E-state index contributed by atoms with van der Waals surface area (Å²) in [7, 11) is 0. The van der Waals surface area contributed by atoms with E-state index in [0.29, 0.717) is 0 Å². The van der Waals surface area contributed by atoms with Gasteiger partial charge in [-0.25, -0.2) is 8.78 Å². The zero-order valence-corrected chi connectivity index (χ0v) is 6.17. The van der Waals surface area contributed by atoms with Crippen LogP contribution in [0, 0.1) is 0 Å². The van der Waals surface area contributed by atoms with Crippen molar-refractivity contribution in [2.45, 2.75) is 19.3 Å². The molecule has 0 radical (unpaired) electrons. The topological polar surface area (TPSA) is 0 Å². The van der Waals surface area contributed by atoms with Gasteiger partial charge in [0, 0.05) is 6.42 Å². The van der Waals surface area contributed by atoms with Crippen LogP contribution in [-0.2, 0) is 0 Å². The summed E-state index contributed by atoms with van der Waals surface area (Å²) in [6, 6.07) is 0. The minimum absolute atomic E-state index is 0.201. The van der Waals surface area contributed by atoms with Gasteiger partial charge in [-0.05, 0) is 6.92 Å². The molecule has 0 saturated carbocycles. The van der Waals surface area contributed by atoms with Crippen molar-refractivity contribution >= 4 is 12.6 Å². The van der Waals surface area contributed by atoms with Gasteiger partial charge in [0.15, 0.2) is 0 Å². The maximum Gasteiger partial charge on any atom is 0.260 e. The maximum atomic E-state index is 12.2. The highest BCUT2D eigenvalue weighted by molar-refractivity contribution is 7.80. The Bertz CT molecular complexity index is 99.2. The van der Waals surface area contributed by atoms with Gasteiger partial charge in [0.1, 0.15) is 0 Å². The third-order valence-corrected chi connectivity index (χ3v) is 1.35. The molecule has 0 spiro atoms. The first-order valence-corrected chi connectivity index (χ1v) is 3.35. The van der Waals surface area contributed by atoms with Gasteiger partial charge in [-0.2, -0.15) is 12.6 Å². The lowest BCUT2D eigenvalue weighted by atomic mass is 10.2. The molecule has 0 bridgehead atoms. The van der Waals surface area contributed by atoms with E-state index in [9.17, 15) is 8.78 Å². The molecule has 0 saturated heterocycles. The summed E-state index contributed by atoms with van der Waals surface area (Å²) in [6.07, 6.45) is 2.85. The Morgan fingerprint density at radius 1 is 1.56 bits per heavy atom. The SMILES string of the molecule is CC=CCC(F)(F)CS. The van der Waals surface area contributed by atoms with E-state index in [2.05, 4.69) is 12.6 Å². The fraction of sp³-hybridized carbons (Fsp3) is 0.667. The number of halogens is 2. The maximum absolute atomic E-state index is 12.2. The molecule has 0 aromatic carbocycles. The molecule has 0 fully saturated rings. The minimum Gasteiger partial charge on any atom is -0.206 e. The normalized spacial score (nSPS) is 12.9. The average Bonchev–Trinajstić information content (AvgIpc) is 1.84. The molecular weight excluding hydrogens is 142 g/mol. The monoisotopic (exact) mass is 152 g/mol. The molecule has 0 aliphatic heterocycles. The fourth-order valence-corrected chi connectivity index (χ4v) is 0.484. The number of thiol groups is 1. The summed E-state index contributed by atoms with van der Waals surface area (Å²) < 4.78 is 24.4. The van der Waals surface area contributed by atoms with Crippen LogP contribution in [0.4, 0.5) is 8.78 Å². The third kappa shape index (κ3) is 4.45. The van der Waals surface area contributed by atoms with Crippen molar-refractivity contribution in [2.24, 2.45) is 0 Å². The van der Waals surface area contributed by atoms with Crippen molar-refractivity contribution < 1.29 is 8.78 Å². The van der Waals surface area contributed by atoms with Gasteiger partial charge < -0.3 is 0 Å². The van der Waals surface area contributed by atoms with E-state index >= 15 is 0 Å². The summed E-state index contributed by atoms with van der Waals surface area (Å²) in [5.41, 5.74) is 0. The highest BCUT2D eigenvalue weighted by Crippen LogP contribution is 2.19.